The van der Waals surface area contributed by atoms with Crippen LogP contribution in [0.25, 0.3) is 0 Å². The Labute approximate surface area is 186 Å². The fourth-order valence-corrected chi connectivity index (χ4v) is 6.69. The second kappa shape index (κ2) is 8.00. The van der Waals surface area contributed by atoms with E-state index in [1.165, 1.54) is 10.4 Å². The molecule has 0 radical (unpaired) electrons. The molecule has 1 fully saturated rings. The summed E-state index contributed by atoms with van der Waals surface area (Å²) < 4.78 is 40.2. The van der Waals surface area contributed by atoms with Gasteiger partial charge >= 0.3 is 0 Å². The van der Waals surface area contributed by atoms with Crippen molar-refractivity contribution in [2.45, 2.75) is 43.0 Å². The first-order valence-corrected chi connectivity index (χ1v) is 12.3. The molecule has 0 aliphatic carbocycles. The Morgan fingerprint density at radius 3 is 2.68 bits per heavy atom. The summed E-state index contributed by atoms with van der Waals surface area (Å²) in [6.07, 6.45) is 3.18. The first-order valence-electron chi connectivity index (χ1n) is 10.5. The normalized spacial score (nSPS) is 21.3. The maximum Gasteiger partial charge on any atom is 0.245 e. The number of carbonyl (C=O) groups is 1. The number of aryl methyl sites for hydroxylation is 1. The van der Waals surface area contributed by atoms with Crippen LogP contribution in [0.2, 0.25) is 5.02 Å². The van der Waals surface area contributed by atoms with Gasteiger partial charge in [-0.3, -0.25) is 4.79 Å². The maximum atomic E-state index is 13.6. The first-order chi connectivity index (χ1) is 14.9. The largest absolute Gasteiger partial charge is 0.490 e. The van der Waals surface area contributed by atoms with E-state index in [1.807, 2.05) is 18.2 Å². The van der Waals surface area contributed by atoms with Gasteiger partial charge in [0, 0.05) is 25.1 Å². The molecule has 1 amide bonds. The van der Waals surface area contributed by atoms with Gasteiger partial charge in [-0.25, -0.2) is 8.42 Å². The van der Waals surface area contributed by atoms with Gasteiger partial charge in [0.05, 0.1) is 24.3 Å². The fourth-order valence-electron chi connectivity index (χ4n) is 4.45. The van der Waals surface area contributed by atoms with Crippen molar-refractivity contribution in [3.63, 3.8) is 0 Å². The Morgan fingerprint density at radius 1 is 1.03 bits per heavy atom. The number of fused-ring (bicyclic) bond motifs is 2. The zero-order chi connectivity index (χ0) is 21.6. The number of hydrogen-bond acceptors (Lipinski definition) is 5. The van der Waals surface area contributed by atoms with Crippen LogP contribution in [-0.4, -0.2) is 38.4 Å². The van der Waals surface area contributed by atoms with Crippen molar-refractivity contribution < 1.29 is 22.7 Å². The Hall–Kier alpha value is -2.29. The lowest BCUT2D eigenvalue weighted by molar-refractivity contribution is -0.116. The summed E-state index contributed by atoms with van der Waals surface area (Å²) in [6.45, 7) is 1.57. The third kappa shape index (κ3) is 3.77. The number of benzene rings is 2. The average molecular weight is 463 g/mol. The molecule has 7 nitrogen and oxygen atoms in total. The maximum absolute atomic E-state index is 13.6. The van der Waals surface area contributed by atoms with Gasteiger partial charge in [0.15, 0.2) is 11.5 Å². The molecule has 3 aliphatic rings. The third-order valence-electron chi connectivity index (χ3n) is 6.00. The number of anilines is 1. The molecule has 0 spiro atoms. The monoisotopic (exact) mass is 462 g/mol. The number of hydrogen-bond donors (Lipinski definition) is 1. The lowest BCUT2D eigenvalue weighted by atomic mass is 10.0. The van der Waals surface area contributed by atoms with Crippen LogP contribution in [0.15, 0.2) is 35.2 Å². The highest BCUT2D eigenvalue weighted by atomic mass is 35.5. The van der Waals surface area contributed by atoms with Crippen molar-refractivity contribution in [3.05, 3.63) is 46.5 Å². The van der Waals surface area contributed by atoms with Crippen molar-refractivity contribution in [2.24, 2.45) is 0 Å². The van der Waals surface area contributed by atoms with E-state index in [9.17, 15) is 13.2 Å². The molecule has 0 unspecified atom stereocenters. The summed E-state index contributed by atoms with van der Waals surface area (Å²) in [7, 11) is -3.87. The molecule has 5 rings (SSSR count). The van der Waals surface area contributed by atoms with Gasteiger partial charge < -0.3 is 14.8 Å². The minimum absolute atomic E-state index is 0.0244. The smallest absolute Gasteiger partial charge is 0.245 e. The van der Waals surface area contributed by atoms with E-state index in [-0.39, 0.29) is 21.9 Å². The lowest BCUT2D eigenvalue weighted by Gasteiger charge is -2.26. The minimum atomic E-state index is -3.87. The van der Waals surface area contributed by atoms with E-state index in [0.717, 1.165) is 24.0 Å². The predicted molar refractivity (Wildman–Crippen MR) is 116 cm³/mol. The fraction of sp³-hybridized carbons (Fsp3) is 0.409. The number of halogens is 1. The highest BCUT2D eigenvalue weighted by molar-refractivity contribution is 7.89. The Bertz CT molecular complexity index is 1150. The average Bonchev–Trinajstić information content (AvgIpc) is 3.13. The van der Waals surface area contributed by atoms with E-state index in [2.05, 4.69) is 5.32 Å². The SMILES string of the molecule is O=C1CCc2cc(Cl)c(S(=O)(=O)N3CCC[C@H]3c3ccc4c(c3)OCCCO4)cc2N1. The molecule has 0 bridgehead atoms. The summed E-state index contributed by atoms with van der Waals surface area (Å²) in [4.78, 5) is 11.8. The molecule has 31 heavy (non-hydrogen) atoms. The quantitative estimate of drug-likeness (QED) is 0.747. The number of nitrogens with one attached hydrogen (secondary N) is 1. The van der Waals surface area contributed by atoms with Gasteiger partial charge in [-0.15, -0.1) is 0 Å². The van der Waals surface area contributed by atoms with Crippen molar-refractivity contribution in [3.8, 4) is 11.5 Å². The van der Waals surface area contributed by atoms with E-state index in [1.54, 1.807) is 6.07 Å². The van der Waals surface area contributed by atoms with Gasteiger partial charge in [-0.2, -0.15) is 4.31 Å². The van der Waals surface area contributed by atoms with Crippen molar-refractivity contribution in [1.82, 2.24) is 4.31 Å². The molecule has 0 aromatic heterocycles. The molecule has 164 valence electrons. The van der Waals surface area contributed by atoms with Crippen LogP contribution in [0.1, 0.15) is 42.9 Å². The Kier molecular flexibility index (Phi) is 5.32. The summed E-state index contributed by atoms with van der Waals surface area (Å²) >= 11 is 6.41. The van der Waals surface area contributed by atoms with E-state index in [4.69, 9.17) is 21.1 Å². The number of rotatable bonds is 3. The molecule has 2 aromatic carbocycles. The summed E-state index contributed by atoms with van der Waals surface area (Å²) in [5.74, 6) is 1.21. The number of ether oxygens (including phenoxy) is 2. The van der Waals surface area contributed by atoms with Crippen LogP contribution in [0, 0.1) is 0 Å². The van der Waals surface area contributed by atoms with Crippen molar-refractivity contribution >= 4 is 33.2 Å². The molecule has 9 heteroatoms. The first kappa shape index (κ1) is 20.6. The van der Waals surface area contributed by atoms with Crippen LogP contribution >= 0.6 is 11.6 Å². The minimum Gasteiger partial charge on any atom is -0.490 e. The summed E-state index contributed by atoms with van der Waals surface area (Å²) in [5.41, 5.74) is 2.24. The number of sulfonamides is 1. The van der Waals surface area contributed by atoms with Gasteiger partial charge in [0.1, 0.15) is 4.90 Å². The van der Waals surface area contributed by atoms with E-state index >= 15 is 0 Å². The summed E-state index contributed by atoms with van der Waals surface area (Å²) in [6, 6.07) is 8.47. The van der Waals surface area contributed by atoms with Crippen molar-refractivity contribution in [1.29, 1.82) is 0 Å². The molecule has 0 saturated carbocycles. The standard InChI is InChI=1S/C22H23ClN2O5S/c23-16-11-14-5-7-22(26)24-17(14)13-21(16)31(27,28)25-8-1-3-18(25)15-4-6-19-20(12-15)30-10-2-9-29-19/h4,6,11-13,18H,1-3,5,7-10H2,(H,24,26)/t18-/m0/s1. The van der Waals surface area contributed by atoms with Gasteiger partial charge in [-0.1, -0.05) is 17.7 Å². The molecule has 1 saturated heterocycles. The predicted octanol–water partition coefficient (Wildman–Crippen LogP) is 3.91. The third-order valence-corrected chi connectivity index (χ3v) is 8.37. The van der Waals surface area contributed by atoms with Gasteiger partial charge in [-0.05, 0) is 54.7 Å². The van der Waals surface area contributed by atoms with Gasteiger partial charge in [0.2, 0.25) is 15.9 Å². The molecule has 3 aliphatic heterocycles. The van der Waals surface area contributed by atoms with Crippen LogP contribution in [0.3, 0.4) is 0 Å². The Morgan fingerprint density at radius 2 is 1.84 bits per heavy atom. The molecular formula is C22H23ClN2O5S. The summed E-state index contributed by atoms with van der Waals surface area (Å²) in [5, 5.41) is 2.94. The molecule has 2 aromatic rings. The Balaban J connectivity index is 1.50. The molecule has 1 atom stereocenters. The second-order valence-electron chi connectivity index (χ2n) is 8.02. The molecule has 1 N–H and O–H groups in total. The van der Waals surface area contributed by atoms with Crippen LogP contribution in [-0.2, 0) is 21.2 Å². The highest BCUT2D eigenvalue weighted by Crippen LogP contribution is 2.42. The van der Waals surface area contributed by atoms with Crippen molar-refractivity contribution in [2.75, 3.05) is 25.1 Å². The number of nitrogens with zero attached hydrogens (tertiary/aromatic N) is 1. The van der Waals surface area contributed by atoms with Crippen LogP contribution in [0.4, 0.5) is 5.69 Å². The van der Waals surface area contributed by atoms with Crippen LogP contribution < -0.4 is 14.8 Å². The van der Waals surface area contributed by atoms with E-state index in [0.29, 0.717) is 56.2 Å². The molecular weight excluding hydrogens is 440 g/mol. The number of amides is 1. The molecule has 3 heterocycles. The van der Waals surface area contributed by atoms with Gasteiger partial charge in [0.25, 0.3) is 0 Å². The lowest BCUT2D eigenvalue weighted by Crippen LogP contribution is -2.31. The highest BCUT2D eigenvalue weighted by Gasteiger charge is 2.38. The van der Waals surface area contributed by atoms with E-state index < -0.39 is 10.0 Å². The second-order valence-corrected chi connectivity index (χ2v) is 10.3. The zero-order valence-corrected chi connectivity index (χ0v) is 18.5. The number of carbonyl (C=O) groups excluding carboxylic acids is 1. The zero-order valence-electron chi connectivity index (χ0n) is 16.9. The topological polar surface area (TPSA) is 84.9 Å². The van der Waals surface area contributed by atoms with Crippen LogP contribution in [0.5, 0.6) is 11.5 Å².